The van der Waals surface area contributed by atoms with E-state index >= 15 is 0 Å². The van der Waals surface area contributed by atoms with Gasteiger partial charge in [-0.25, -0.2) is 0 Å². The van der Waals surface area contributed by atoms with Gasteiger partial charge in [-0.3, -0.25) is 4.79 Å². The number of nitrogen functional groups attached to an aromatic ring is 1. The van der Waals surface area contributed by atoms with Gasteiger partial charge in [0.1, 0.15) is 0 Å². The Morgan fingerprint density at radius 3 is 2.78 bits per heavy atom. The van der Waals surface area contributed by atoms with Gasteiger partial charge in [-0.2, -0.15) is 0 Å². The van der Waals surface area contributed by atoms with Crippen molar-refractivity contribution in [2.75, 3.05) is 43.9 Å². The van der Waals surface area contributed by atoms with Gasteiger partial charge < -0.3 is 20.7 Å². The standard InChI is InChI=1S/C13H19N3O2/c1-18-13(17)8-10-6-11(14)9-12(7-10)16-4-2-15-3-5-16/h6-7,9,15H,2-5,8,14H2,1H3. The maximum Gasteiger partial charge on any atom is 0.309 e. The van der Waals surface area contributed by atoms with Gasteiger partial charge in [0.25, 0.3) is 0 Å². The minimum atomic E-state index is -0.244. The molecule has 2 rings (SSSR count). The molecule has 0 radical (unpaired) electrons. The third-order valence-corrected chi connectivity index (χ3v) is 3.06. The maximum absolute atomic E-state index is 11.3. The number of nitrogens with one attached hydrogen (secondary N) is 1. The van der Waals surface area contributed by atoms with E-state index in [0.717, 1.165) is 37.4 Å². The molecule has 1 aromatic rings. The van der Waals surface area contributed by atoms with Crippen LogP contribution in [-0.4, -0.2) is 39.3 Å². The summed E-state index contributed by atoms with van der Waals surface area (Å²) >= 11 is 0. The summed E-state index contributed by atoms with van der Waals surface area (Å²) in [5.41, 5.74) is 8.55. The number of nitrogens with two attached hydrogens (primary N) is 1. The van der Waals surface area contributed by atoms with Crippen molar-refractivity contribution in [2.24, 2.45) is 0 Å². The molecule has 0 spiro atoms. The first-order valence-corrected chi connectivity index (χ1v) is 6.11. The third-order valence-electron chi connectivity index (χ3n) is 3.06. The van der Waals surface area contributed by atoms with Gasteiger partial charge in [0.15, 0.2) is 0 Å². The average molecular weight is 249 g/mol. The number of esters is 1. The molecule has 0 saturated carbocycles. The van der Waals surface area contributed by atoms with E-state index in [0.29, 0.717) is 5.69 Å². The van der Waals surface area contributed by atoms with E-state index in [2.05, 4.69) is 15.0 Å². The Morgan fingerprint density at radius 2 is 2.11 bits per heavy atom. The van der Waals surface area contributed by atoms with Crippen LogP contribution >= 0.6 is 0 Å². The molecule has 1 heterocycles. The predicted octanol–water partition coefficient (Wildman–Crippen LogP) is 0.394. The summed E-state index contributed by atoms with van der Waals surface area (Å²) in [6, 6.07) is 5.79. The van der Waals surface area contributed by atoms with Crippen LogP contribution in [0.4, 0.5) is 11.4 Å². The topological polar surface area (TPSA) is 67.6 Å². The quantitative estimate of drug-likeness (QED) is 0.599. The van der Waals surface area contributed by atoms with Crippen LogP contribution in [0.2, 0.25) is 0 Å². The Hall–Kier alpha value is -1.75. The number of ether oxygens (including phenoxy) is 1. The molecular weight excluding hydrogens is 230 g/mol. The molecule has 3 N–H and O–H groups in total. The smallest absolute Gasteiger partial charge is 0.309 e. The van der Waals surface area contributed by atoms with E-state index in [1.807, 2.05) is 18.2 Å². The van der Waals surface area contributed by atoms with Gasteiger partial charge in [-0.05, 0) is 23.8 Å². The number of carbonyl (C=O) groups excluding carboxylic acids is 1. The lowest BCUT2D eigenvalue weighted by molar-refractivity contribution is -0.139. The Balaban J connectivity index is 2.17. The largest absolute Gasteiger partial charge is 0.469 e. The van der Waals surface area contributed by atoms with Gasteiger partial charge in [-0.1, -0.05) is 0 Å². The highest BCUT2D eigenvalue weighted by molar-refractivity contribution is 5.74. The highest BCUT2D eigenvalue weighted by atomic mass is 16.5. The molecule has 5 heteroatoms. The number of hydrogen-bond donors (Lipinski definition) is 2. The Bertz CT molecular complexity index is 428. The molecule has 1 aliphatic heterocycles. The lowest BCUT2D eigenvalue weighted by atomic mass is 10.1. The Labute approximate surface area is 107 Å². The van der Waals surface area contributed by atoms with Crippen molar-refractivity contribution >= 4 is 17.3 Å². The van der Waals surface area contributed by atoms with Gasteiger partial charge in [0, 0.05) is 37.6 Å². The fourth-order valence-electron chi connectivity index (χ4n) is 2.15. The van der Waals surface area contributed by atoms with E-state index in [1.54, 1.807) is 0 Å². The molecule has 5 nitrogen and oxygen atoms in total. The van der Waals surface area contributed by atoms with Crippen LogP contribution in [0.15, 0.2) is 18.2 Å². The number of hydrogen-bond acceptors (Lipinski definition) is 5. The molecule has 1 aliphatic rings. The summed E-state index contributed by atoms with van der Waals surface area (Å²) in [5.74, 6) is -0.244. The summed E-state index contributed by atoms with van der Waals surface area (Å²) in [5, 5.41) is 3.31. The molecule has 1 saturated heterocycles. The second-order valence-corrected chi connectivity index (χ2v) is 4.42. The summed E-state index contributed by atoms with van der Waals surface area (Å²) in [6.45, 7) is 3.87. The predicted molar refractivity (Wildman–Crippen MR) is 71.7 cm³/mol. The van der Waals surface area contributed by atoms with Crippen LogP contribution in [0, 0.1) is 0 Å². The monoisotopic (exact) mass is 249 g/mol. The number of anilines is 2. The molecule has 0 bridgehead atoms. The lowest BCUT2D eigenvalue weighted by Gasteiger charge is -2.30. The normalized spacial score (nSPS) is 15.5. The fourth-order valence-corrected chi connectivity index (χ4v) is 2.15. The summed E-state index contributed by atoms with van der Waals surface area (Å²) in [6.07, 6.45) is 0.265. The molecule has 98 valence electrons. The van der Waals surface area contributed by atoms with Crippen LogP contribution in [0.25, 0.3) is 0 Å². The molecule has 0 atom stereocenters. The van der Waals surface area contributed by atoms with Crippen molar-refractivity contribution < 1.29 is 9.53 Å². The number of methoxy groups -OCH3 is 1. The first-order chi connectivity index (χ1) is 8.69. The van der Waals surface area contributed by atoms with E-state index in [9.17, 15) is 4.79 Å². The zero-order valence-electron chi connectivity index (χ0n) is 10.6. The summed E-state index contributed by atoms with van der Waals surface area (Å²) in [4.78, 5) is 13.6. The first-order valence-electron chi connectivity index (χ1n) is 6.11. The first kappa shape index (κ1) is 12.7. The third kappa shape index (κ3) is 3.13. The summed E-state index contributed by atoms with van der Waals surface area (Å²) in [7, 11) is 1.39. The van der Waals surface area contributed by atoms with Crippen molar-refractivity contribution in [1.29, 1.82) is 0 Å². The molecule has 0 aliphatic carbocycles. The zero-order chi connectivity index (χ0) is 13.0. The van der Waals surface area contributed by atoms with Crippen LogP contribution < -0.4 is 16.0 Å². The number of piperazine rings is 1. The average Bonchev–Trinajstić information content (AvgIpc) is 2.39. The van der Waals surface area contributed by atoms with Gasteiger partial charge in [0.2, 0.25) is 0 Å². The number of carbonyl (C=O) groups is 1. The summed E-state index contributed by atoms with van der Waals surface area (Å²) < 4.78 is 4.68. The highest BCUT2D eigenvalue weighted by Crippen LogP contribution is 2.21. The van der Waals surface area contributed by atoms with Crippen LogP contribution in [0.1, 0.15) is 5.56 Å². The van der Waals surface area contributed by atoms with Crippen LogP contribution in [0.5, 0.6) is 0 Å². The molecule has 0 unspecified atom stereocenters. The van der Waals surface area contributed by atoms with E-state index < -0.39 is 0 Å². The van der Waals surface area contributed by atoms with E-state index in [-0.39, 0.29) is 12.4 Å². The molecule has 1 fully saturated rings. The van der Waals surface area contributed by atoms with Crippen LogP contribution in [0.3, 0.4) is 0 Å². The molecule has 0 amide bonds. The fraction of sp³-hybridized carbons (Fsp3) is 0.462. The van der Waals surface area contributed by atoms with Crippen molar-refractivity contribution in [3.05, 3.63) is 23.8 Å². The number of rotatable bonds is 3. The zero-order valence-corrected chi connectivity index (χ0v) is 10.6. The number of nitrogens with zero attached hydrogens (tertiary/aromatic N) is 1. The molecular formula is C13H19N3O2. The minimum absolute atomic E-state index is 0.244. The Morgan fingerprint density at radius 1 is 1.39 bits per heavy atom. The van der Waals surface area contributed by atoms with Crippen molar-refractivity contribution in [2.45, 2.75) is 6.42 Å². The second kappa shape index (κ2) is 5.73. The lowest BCUT2D eigenvalue weighted by Crippen LogP contribution is -2.43. The number of benzene rings is 1. The van der Waals surface area contributed by atoms with Gasteiger partial charge >= 0.3 is 5.97 Å². The second-order valence-electron chi connectivity index (χ2n) is 4.42. The molecule has 18 heavy (non-hydrogen) atoms. The van der Waals surface area contributed by atoms with E-state index in [4.69, 9.17) is 5.73 Å². The van der Waals surface area contributed by atoms with Gasteiger partial charge in [0.05, 0.1) is 13.5 Å². The minimum Gasteiger partial charge on any atom is -0.469 e. The maximum atomic E-state index is 11.3. The van der Waals surface area contributed by atoms with E-state index in [1.165, 1.54) is 7.11 Å². The van der Waals surface area contributed by atoms with Crippen molar-refractivity contribution in [1.82, 2.24) is 5.32 Å². The SMILES string of the molecule is COC(=O)Cc1cc(N)cc(N2CCNCC2)c1. The van der Waals surface area contributed by atoms with Crippen molar-refractivity contribution in [3.8, 4) is 0 Å². The van der Waals surface area contributed by atoms with Crippen LogP contribution in [-0.2, 0) is 16.0 Å². The molecule has 0 aromatic heterocycles. The highest BCUT2D eigenvalue weighted by Gasteiger charge is 2.12. The Kier molecular flexibility index (Phi) is 4.04. The van der Waals surface area contributed by atoms with Gasteiger partial charge in [-0.15, -0.1) is 0 Å². The van der Waals surface area contributed by atoms with Crippen molar-refractivity contribution in [3.63, 3.8) is 0 Å². The molecule has 1 aromatic carbocycles.